The molecule has 1 aliphatic heterocycles. The maximum Gasteiger partial charge on any atom is 0.342 e. The molecule has 1 N–H and O–H groups in total. The molecule has 0 aromatic carbocycles. The van der Waals surface area contributed by atoms with Crippen LogP contribution in [0.4, 0.5) is 0 Å². The standard InChI is InChI=1S/C9H8Br2N2O3/c10-9(11)2-1-3-13-6(14)5(7(15)16)4-12-8(9)13/h4H,1-3H2,(H,15,16). The van der Waals surface area contributed by atoms with Crippen molar-refractivity contribution < 1.29 is 9.90 Å². The lowest BCUT2D eigenvalue weighted by Crippen LogP contribution is -2.36. The molecule has 16 heavy (non-hydrogen) atoms. The van der Waals surface area contributed by atoms with E-state index in [1.165, 1.54) is 4.57 Å². The lowest BCUT2D eigenvalue weighted by Gasteiger charge is -2.28. The maximum absolute atomic E-state index is 11.8. The number of nitrogens with zero attached hydrogens (tertiary/aromatic N) is 2. The second-order valence-corrected chi connectivity index (χ2v) is 7.34. The number of carbonyl (C=O) groups is 1. The smallest absolute Gasteiger partial charge is 0.342 e. The van der Waals surface area contributed by atoms with Gasteiger partial charge in [0.2, 0.25) is 0 Å². The van der Waals surface area contributed by atoms with Crippen LogP contribution in [0.2, 0.25) is 0 Å². The van der Waals surface area contributed by atoms with Gasteiger partial charge in [-0.25, -0.2) is 9.78 Å². The van der Waals surface area contributed by atoms with Crippen molar-refractivity contribution in [1.82, 2.24) is 9.55 Å². The fourth-order valence-electron chi connectivity index (χ4n) is 1.71. The Labute approximate surface area is 108 Å². The number of aromatic nitrogens is 2. The summed E-state index contributed by atoms with van der Waals surface area (Å²) >= 11 is 6.87. The molecule has 0 amide bonds. The largest absolute Gasteiger partial charge is 0.477 e. The maximum atomic E-state index is 11.8. The van der Waals surface area contributed by atoms with Gasteiger partial charge in [0.15, 0.2) is 0 Å². The molecule has 7 heteroatoms. The Morgan fingerprint density at radius 2 is 2.25 bits per heavy atom. The van der Waals surface area contributed by atoms with Crippen molar-refractivity contribution >= 4 is 37.8 Å². The van der Waals surface area contributed by atoms with Crippen LogP contribution in [-0.4, -0.2) is 20.6 Å². The predicted octanol–water partition coefficient (Wildman–Crippen LogP) is 1.68. The third-order valence-electron chi connectivity index (χ3n) is 2.48. The number of carboxylic acids is 1. The first-order valence-electron chi connectivity index (χ1n) is 4.65. The Morgan fingerprint density at radius 1 is 1.56 bits per heavy atom. The molecule has 1 aliphatic rings. The lowest BCUT2D eigenvalue weighted by atomic mass is 10.1. The zero-order chi connectivity index (χ0) is 11.9. The van der Waals surface area contributed by atoms with E-state index in [1.807, 2.05) is 0 Å². The van der Waals surface area contributed by atoms with Crippen molar-refractivity contribution in [2.75, 3.05) is 0 Å². The fraction of sp³-hybridized carbons (Fsp3) is 0.444. The van der Waals surface area contributed by atoms with Crippen LogP contribution >= 0.6 is 31.9 Å². The van der Waals surface area contributed by atoms with Crippen LogP contribution in [-0.2, 0) is 9.78 Å². The summed E-state index contributed by atoms with van der Waals surface area (Å²) in [7, 11) is 0. The molecular weight excluding hydrogens is 344 g/mol. The summed E-state index contributed by atoms with van der Waals surface area (Å²) in [5.74, 6) is -0.720. The highest BCUT2D eigenvalue weighted by Gasteiger charge is 2.34. The van der Waals surface area contributed by atoms with E-state index in [0.717, 1.165) is 19.0 Å². The number of halogens is 2. The van der Waals surface area contributed by atoms with Gasteiger partial charge in [-0.2, -0.15) is 0 Å². The van der Waals surface area contributed by atoms with E-state index in [-0.39, 0.29) is 5.56 Å². The molecule has 86 valence electrons. The number of hydrogen-bond acceptors (Lipinski definition) is 3. The Hall–Kier alpha value is -0.690. The first kappa shape index (κ1) is 11.8. The van der Waals surface area contributed by atoms with Gasteiger partial charge in [-0.3, -0.25) is 9.36 Å². The van der Waals surface area contributed by atoms with Crippen molar-refractivity contribution in [3.05, 3.63) is 27.9 Å². The molecule has 0 saturated heterocycles. The van der Waals surface area contributed by atoms with Gasteiger partial charge < -0.3 is 5.11 Å². The molecule has 2 heterocycles. The zero-order valence-corrected chi connectivity index (χ0v) is 11.3. The van der Waals surface area contributed by atoms with Gasteiger partial charge in [0, 0.05) is 12.7 Å². The summed E-state index contributed by atoms with van der Waals surface area (Å²) in [4.78, 5) is 26.7. The summed E-state index contributed by atoms with van der Waals surface area (Å²) in [6.07, 6.45) is 2.69. The average molecular weight is 352 g/mol. The number of hydrogen-bond donors (Lipinski definition) is 1. The van der Waals surface area contributed by atoms with Gasteiger partial charge in [0.25, 0.3) is 5.56 Å². The lowest BCUT2D eigenvalue weighted by molar-refractivity contribution is 0.0693. The molecule has 0 aliphatic carbocycles. The fourth-order valence-corrected chi connectivity index (χ4v) is 2.90. The van der Waals surface area contributed by atoms with Gasteiger partial charge in [-0.15, -0.1) is 0 Å². The molecule has 0 radical (unpaired) electrons. The quantitative estimate of drug-likeness (QED) is 0.781. The molecular formula is C9H8Br2N2O3. The molecule has 2 rings (SSSR count). The van der Waals surface area contributed by atoms with Gasteiger partial charge in [0.1, 0.15) is 14.6 Å². The van der Waals surface area contributed by atoms with Crippen LogP contribution in [0.5, 0.6) is 0 Å². The van der Waals surface area contributed by atoms with Gasteiger partial charge in [-0.1, -0.05) is 31.9 Å². The third kappa shape index (κ3) is 1.82. The van der Waals surface area contributed by atoms with Crippen molar-refractivity contribution in [2.45, 2.75) is 22.6 Å². The highest BCUT2D eigenvalue weighted by atomic mass is 79.9. The molecule has 0 bridgehead atoms. The van der Waals surface area contributed by atoms with Crippen LogP contribution in [0.15, 0.2) is 11.0 Å². The average Bonchev–Trinajstić information content (AvgIpc) is 2.18. The summed E-state index contributed by atoms with van der Waals surface area (Å²) in [6.45, 7) is 0.501. The molecule has 0 fully saturated rings. The summed E-state index contributed by atoms with van der Waals surface area (Å²) in [5.41, 5.74) is -0.790. The molecule has 0 unspecified atom stereocenters. The summed E-state index contributed by atoms with van der Waals surface area (Å²) < 4.78 is 0.866. The number of aromatic carboxylic acids is 1. The van der Waals surface area contributed by atoms with Crippen molar-refractivity contribution in [2.24, 2.45) is 0 Å². The van der Waals surface area contributed by atoms with Gasteiger partial charge in [-0.05, 0) is 12.8 Å². The Bertz CT molecular complexity index is 510. The molecule has 1 aromatic heterocycles. The Morgan fingerprint density at radius 3 is 2.88 bits per heavy atom. The normalized spacial score (nSPS) is 17.9. The number of fused-ring (bicyclic) bond motifs is 1. The first-order valence-corrected chi connectivity index (χ1v) is 6.23. The molecule has 0 spiro atoms. The first-order chi connectivity index (χ1) is 7.43. The highest BCUT2D eigenvalue weighted by Crippen LogP contribution is 2.43. The van der Waals surface area contributed by atoms with Crippen LogP contribution in [0.25, 0.3) is 0 Å². The van der Waals surface area contributed by atoms with E-state index in [4.69, 9.17) is 5.11 Å². The second-order valence-electron chi connectivity index (χ2n) is 3.57. The van der Waals surface area contributed by atoms with E-state index in [1.54, 1.807) is 0 Å². The third-order valence-corrected chi connectivity index (χ3v) is 3.98. The summed E-state index contributed by atoms with van der Waals surface area (Å²) in [5, 5.41) is 8.82. The van der Waals surface area contributed by atoms with Crippen LogP contribution in [0.3, 0.4) is 0 Å². The second kappa shape index (κ2) is 3.96. The van der Waals surface area contributed by atoms with E-state index >= 15 is 0 Å². The van der Waals surface area contributed by atoms with Crippen LogP contribution < -0.4 is 5.56 Å². The van der Waals surface area contributed by atoms with Crippen molar-refractivity contribution in [3.63, 3.8) is 0 Å². The monoisotopic (exact) mass is 350 g/mol. The van der Waals surface area contributed by atoms with Crippen molar-refractivity contribution in [3.8, 4) is 0 Å². The molecule has 5 nitrogen and oxygen atoms in total. The van der Waals surface area contributed by atoms with E-state index in [2.05, 4.69) is 36.8 Å². The molecule has 1 aromatic rings. The minimum Gasteiger partial charge on any atom is -0.477 e. The number of carboxylic acid groups (broad SMARTS) is 1. The van der Waals surface area contributed by atoms with Crippen LogP contribution in [0.1, 0.15) is 29.0 Å². The van der Waals surface area contributed by atoms with Crippen LogP contribution in [0, 0.1) is 0 Å². The van der Waals surface area contributed by atoms with E-state index < -0.39 is 14.8 Å². The predicted molar refractivity (Wildman–Crippen MR) is 64.2 cm³/mol. The van der Waals surface area contributed by atoms with Gasteiger partial charge >= 0.3 is 5.97 Å². The summed E-state index contributed by atoms with van der Waals surface area (Å²) in [6, 6.07) is 0. The topological polar surface area (TPSA) is 72.2 Å². The van der Waals surface area contributed by atoms with Crippen molar-refractivity contribution in [1.29, 1.82) is 0 Å². The highest BCUT2D eigenvalue weighted by molar-refractivity contribution is 9.24. The van der Waals surface area contributed by atoms with E-state index in [0.29, 0.717) is 12.4 Å². The Balaban J connectivity index is 2.67. The molecule has 0 atom stereocenters. The minimum atomic E-state index is -1.24. The zero-order valence-electron chi connectivity index (χ0n) is 8.11. The Kier molecular flexibility index (Phi) is 2.91. The van der Waals surface area contributed by atoms with E-state index in [9.17, 15) is 9.59 Å². The molecule has 0 saturated carbocycles. The number of alkyl halides is 2. The number of rotatable bonds is 1. The SMILES string of the molecule is O=C(O)c1cnc2n(c1=O)CCCC2(Br)Br. The minimum absolute atomic E-state index is 0.290. The van der Waals surface area contributed by atoms with Gasteiger partial charge in [0.05, 0.1) is 0 Å².